The predicted molar refractivity (Wildman–Crippen MR) is 85.2 cm³/mol. The Bertz CT molecular complexity index is 779. The molecular formula is C13H15N5OS2. The van der Waals surface area contributed by atoms with Gasteiger partial charge in [-0.3, -0.25) is 4.21 Å². The summed E-state index contributed by atoms with van der Waals surface area (Å²) < 4.78 is 12.5. The van der Waals surface area contributed by atoms with E-state index in [4.69, 9.17) is 0 Å². The number of nitrogens with zero attached hydrogens (tertiary/aromatic N) is 4. The van der Waals surface area contributed by atoms with E-state index in [0.717, 1.165) is 28.1 Å². The van der Waals surface area contributed by atoms with Crippen molar-refractivity contribution < 1.29 is 4.21 Å². The van der Waals surface area contributed by atoms with Crippen LogP contribution in [0, 0.1) is 6.92 Å². The van der Waals surface area contributed by atoms with Crippen LogP contribution in [0.4, 0.5) is 5.82 Å². The number of anilines is 1. The third kappa shape index (κ3) is 2.68. The molecule has 1 atom stereocenters. The molecule has 0 saturated carbocycles. The molecule has 3 rings (SSSR count). The van der Waals surface area contributed by atoms with Crippen molar-refractivity contribution >= 4 is 39.0 Å². The number of hydrogen-bond donors (Lipinski definition) is 1. The van der Waals surface area contributed by atoms with Gasteiger partial charge in [0.05, 0.1) is 27.8 Å². The molecule has 110 valence electrons. The summed E-state index contributed by atoms with van der Waals surface area (Å²) in [4.78, 5) is 17.9. The lowest BCUT2D eigenvalue weighted by molar-refractivity contribution is 0.676. The summed E-state index contributed by atoms with van der Waals surface area (Å²) >= 11 is 1.57. The summed E-state index contributed by atoms with van der Waals surface area (Å²) in [7, 11) is 2.61. The summed E-state index contributed by atoms with van der Waals surface area (Å²) in [6.07, 6.45) is 1.51. The zero-order chi connectivity index (χ0) is 15.0. The van der Waals surface area contributed by atoms with Crippen LogP contribution in [-0.4, -0.2) is 38.2 Å². The van der Waals surface area contributed by atoms with Gasteiger partial charge in [0.25, 0.3) is 0 Å². The molecule has 21 heavy (non-hydrogen) atoms. The second-order valence-electron chi connectivity index (χ2n) is 4.87. The van der Waals surface area contributed by atoms with Crippen molar-refractivity contribution in [1.82, 2.24) is 19.9 Å². The van der Waals surface area contributed by atoms with Crippen molar-refractivity contribution in [2.45, 2.75) is 17.8 Å². The van der Waals surface area contributed by atoms with Crippen LogP contribution >= 0.6 is 11.3 Å². The largest absolute Gasteiger partial charge is 0.362 e. The van der Waals surface area contributed by atoms with Gasteiger partial charge in [-0.2, -0.15) is 0 Å². The molecule has 6 nitrogen and oxygen atoms in total. The van der Waals surface area contributed by atoms with E-state index in [1.807, 2.05) is 36.7 Å². The number of aromatic nitrogens is 4. The molecule has 0 aromatic carbocycles. The van der Waals surface area contributed by atoms with Crippen LogP contribution in [-0.2, 0) is 16.6 Å². The second-order valence-corrected chi connectivity index (χ2v) is 6.98. The van der Waals surface area contributed by atoms with Gasteiger partial charge in [-0.05, 0) is 6.92 Å². The number of nitrogens with one attached hydrogen (secondary N) is 1. The Hall–Kier alpha value is -1.80. The molecule has 0 aliphatic carbocycles. The maximum absolute atomic E-state index is 12.5. The molecule has 0 spiro atoms. The van der Waals surface area contributed by atoms with Gasteiger partial charge >= 0.3 is 0 Å². The number of H-pyrrole nitrogens is 1. The third-order valence-corrected chi connectivity index (χ3v) is 5.07. The van der Waals surface area contributed by atoms with Gasteiger partial charge in [0.2, 0.25) is 0 Å². The first-order valence-electron chi connectivity index (χ1n) is 6.34. The molecule has 0 amide bonds. The lowest BCUT2D eigenvalue weighted by Crippen LogP contribution is -2.14. The Labute approximate surface area is 128 Å². The van der Waals surface area contributed by atoms with E-state index in [9.17, 15) is 4.21 Å². The quantitative estimate of drug-likeness (QED) is 0.796. The Kier molecular flexibility index (Phi) is 3.73. The summed E-state index contributed by atoms with van der Waals surface area (Å²) in [5.74, 6) is 1.17. The fourth-order valence-electron chi connectivity index (χ4n) is 2.10. The van der Waals surface area contributed by atoms with E-state index in [2.05, 4.69) is 19.9 Å². The Morgan fingerprint density at radius 1 is 1.33 bits per heavy atom. The average molecular weight is 321 g/mol. The molecule has 0 bridgehead atoms. The molecule has 3 aromatic heterocycles. The van der Waals surface area contributed by atoms with E-state index in [0.29, 0.717) is 10.9 Å². The summed E-state index contributed by atoms with van der Waals surface area (Å²) in [6.45, 7) is 1.95. The molecule has 0 saturated heterocycles. The highest BCUT2D eigenvalue weighted by Crippen LogP contribution is 2.21. The molecule has 3 heterocycles. The van der Waals surface area contributed by atoms with Gasteiger partial charge in [-0.15, -0.1) is 11.3 Å². The van der Waals surface area contributed by atoms with Crippen molar-refractivity contribution in [2.24, 2.45) is 0 Å². The van der Waals surface area contributed by atoms with Gasteiger partial charge in [0.15, 0.2) is 5.16 Å². The lowest BCUT2D eigenvalue weighted by Gasteiger charge is -2.15. The van der Waals surface area contributed by atoms with Crippen LogP contribution in [0.2, 0.25) is 0 Å². The van der Waals surface area contributed by atoms with Gasteiger partial charge in [-0.1, -0.05) is 0 Å². The summed E-state index contributed by atoms with van der Waals surface area (Å²) in [6, 6.07) is 0. The first kappa shape index (κ1) is 14.2. The highest BCUT2D eigenvalue weighted by Gasteiger charge is 2.15. The lowest BCUT2D eigenvalue weighted by atomic mass is 10.2. The predicted octanol–water partition coefficient (Wildman–Crippen LogP) is 2.10. The smallest absolute Gasteiger partial charge is 0.197 e. The SMILES string of the molecule is Cc1c(CS(=O)c2nc3cscc3[nH]2)ncnc1N(C)C. The van der Waals surface area contributed by atoms with Gasteiger partial charge in [0.1, 0.15) is 17.7 Å². The van der Waals surface area contributed by atoms with Gasteiger partial charge in [0, 0.05) is 30.4 Å². The zero-order valence-corrected chi connectivity index (χ0v) is 13.6. The fraction of sp³-hybridized carbons (Fsp3) is 0.308. The molecule has 1 unspecified atom stereocenters. The second kappa shape index (κ2) is 5.53. The van der Waals surface area contributed by atoms with Gasteiger partial charge in [-0.25, -0.2) is 15.0 Å². The highest BCUT2D eigenvalue weighted by molar-refractivity contribution is 7.84. The maximum atomic E-state index is 12.5. The molecule has 0 aliphatic heterocycles. The van der Waals surface area contributed by atoms with Crippen LogP contribution in [0.5, 0.6) is 0 Å². The molecule has 0 radical (unpaired) electrons. The van der Waals surface area contributed by atoms with Crippen molar-refractivity contribution in [3.63, 3.8) is 0 Å². The molecule has 0 aliphatic rings. The molecular weight excluding hydrogens is 306 g/mol. The average Bonchev–Trinajstić information content (AvgIpc) is 3.01. The normalized spacial score (nSPS) is 12.7. The number of rotatable bonds is 4. The molecule has 1 N–H and O–H groups in total. The fourth-order valence-corrected chi connectivity index (χ4v) is 3.89. The van der Waals surface area contributed by atoms with E-state index < -0.39 is 10.8 Å². The highest BCUT2D eigenvalue weighted by atomic mass is 32.2. The first-order valence-corrected chi connectivity index (χ1v) is 8.60. The van der Waals surface area contributed by atoms with Crippen LogP contribution in [0.1, 0.15) is 11.3 Å². The zero-order valence-electron chi connectivity index (χ0n) is 12.0. The minimum absolute atomic E-state index is 0.328. The van der Waals surface area contributed by atoms with Gasteiger partial charge < -0.3 is 9.88 Å². The minimum Gasteiger partial charge on any atom is -0.362 e. The van der Waals surface area contributed by atoms with Crippen LogP contribution < -0.4 is 4.90 Å². The topological polar surface area (TPSA) is 74.8 Å². The number of fused-ring (bicyclic) bond motifs is 1. The van der Waals surface area contributed by atoms with E-state index in [1.54, 1.807) is 11.3 Å². The Morgan fingerprint density at radius 3 is 2.86 bits per heavy atom. The van der Waals surface area contributed by atoms with E-state index in [1.165, 1.54) is 6.33 Å². The van der Waals surface area contributed by atoms with E-state index in [-0.39, 0.29) is 0 Å². The Balaban J connectivity index is 1.88. The third-order valence-electron chi connectivity index (χ3n) is 3.17. The van der Waals surface area contributed by atoms with Crippen molar-refractivity contribution in [3.05, 3.63) is 28.3 Å². The Morgan fingerprint density at radius 2 is 2.14 bits per heavy atom. The monoisotopic (exact) mass is 321 g/mol. The van der Waals surface area contributed by atoms with Crippen LogP contribution in [0.25, 0.3) is 11.0 Å². The molecule has 8 heteroatoms. The number of aromatic amines is 1. The number of hydrogen-bond acceptors (Lipinski definition) is 6. The van der Waals surface area contributed by atoms with Crippen LogP contribution in [0.15, 0.2) is 22.2 Å². The van der Waals surface area contributed by atoms with E-state index >= 15 is 0 Å². The summed E-state index contributed by atoms with van der Waals surface area (Å²) in [5.41, 5.74) is 3.52. The van der Waals surface area contributed by atoms with Crippen LogP contribution in [0.3, 0.4) is 0 Å². The minimum atomic E-state index is -1.25. The van der Waals surface area contributed by atoms with Crippen molar-refractivity contribution in [1.29, 1.82) is 0 Å². The molecule has 3 aromatic rings. The molecule has 0 fully saturated rings. The maximum Gasteiger partial charge on any atom is 0.197 e. The number of thiophene rings is 1. The number of imidazole rings is 1. The van der Waals surface area contributed by atoms with Crippen molar-refractivity contribution in [3.8, 4) is 0 Å². The summed E-state index contributed by atoms with van der Waals surface area (Å²) in [5, 5.41) is 4.40. The standard InChI is InChI=1S/C13H15N5OS2/c1-8-11(14-7-15-12(8)18(2)3)6-21(19)13-16-9-4-20-5-10(9)17-13/h4-5,7H,6H2,1-3H3,(H,16,17). The first-order chi connectivity index (χ1) is 10.1. The van der Waals surface area contributed by atoms with Crippen molar-refractivity contribution in [2.75, 3.05) is 19.0 Å².